The van der Waals surface area contributed by atoms with Crippen LogP contribution < -0.4 is 5.32 Å². The minimum absolute atomic E-state index is 0.0842. The molecule has 88 valence electrons. The lowest BCUT2D eigenvalue weighted by molar-refractivity contribution is 0.0922. The average Bonchev–Trinajstić information content (AvgIpc) is 2.86. The Morgan fingerprint density at radius 1 is 1.69 bits per heavy atom. The molecule has 16 heavy (non-hydrogen) atoms. The van der Waals surface area contributed by atoms with E-state index in [1.807, 2.05) is 6.92 Å². The fourth-order valence-corrected chi connectivity index (χ4v) is 2.01. The van der Waals surface area contributed by atoms with Crippen molar-refractivity contribution in [1.82, 2.24) is 5.32 Å². The van der Waals surface area contributed by atoms with Gasteiger partial charge in [-0.2, -0.15) is 0 Å². The van der Waals surface area contributed by atoms with Gasteiger partial charge in [0.05, 0.1) is 18.4 Å². The molecule has 1 N–H and O–H groups in total. The average molecular weight is 244 g/mol. The van der Waals surface area contributed by atoms with Gasteiger partial charge in [0.25, 0.3) is 5.91 Å². The minimum atomic E-state index is -0.196. The quantitative estimate of drug-likeness (QED) is 0.885. The predicted octanol–water partition coefficient (Wildman–Crippen LogP) is 2.09. The highest BCUT2D eigenvalue weighted by Crippen LogP contribution is 2.19. The monoisotopic (exact) mass is 243 g/mol. The third-order valence-electron chi connectivity index (χ3n) is 2.89. The number of nitrogens with one attached hydrogen (secondary N) is 1. The largest absolute Gasteiger partial charge is 0.452 e. The third kappa shape index (κ3) is 2.39. The van der Waals surface area contributed by atoms with Crippen molar-refractivity contribution in [3.63, 3.8) is 0 Å². The van der Waals surface area contributed by atoms with Crippen LogP contribution in [0.15, 0.2) is 16.7 Å². The SMILES string of the molecule is CC(NC(=O)c1ccoc1Cl)C1CCOC1. The molecule has 1 aliphatic heterocycles. The molecule has 1 aromatic rings. The van der Waals surface area contributed by atoms with Crippen molar-refractivity contribution in [1.29, 1.82) is 0 Å². The normalized spacial score (nSPS) is 22.0. The molecule has 0 spiro atoms. The van der Waals surface area contributed by atoms with E-state index >= 15 is 0 Å². The summed E-state index contributed by atoms with van der Waals surface area (Å²) in [5, 5.41) is 3.03. The van der Waals surface area contributed by atoms with E-state index in [9.17, 15) is 4.79 Å². The van der Waals surface area contributed by atoms with Crippen LogP contribution in [0.25, 0.3) is 0 Å². The first-order valence-electron chi connectivity index (χ1n) is 5.30. The molecule has 1 fully saturated rings. The first-order valence-corrected chi connectivity index (χ1v) is 5.68. The van der Waals surface area contributed by atoms with E-state index in [-0.39, 0.29) is 17.2 Å². The van der Waals surface area contributed by atoms with Crippen molar-refractivity contribution in [3.8, 4) is 0 Å². The topological polar surface area (TPSA) is 51.5 Å². The van der Waals surface area contributed by atoms with Crippen LogP contribution in [0.4, 0.5) is 0 Å². The van der Waals surface area contributed by atoms with Gasteiger partial charge >= 0.3 is 0 Å². The zero-order chi connectivity index (χ0) is 11.5. The molecule has 1 aliphatic rings. The Hall–Kier alpha value is -1.00. The van der Waals surface area contributed by atoms with Crippen LogP contribution in [0.5, 0.6) is 0 Å². The Morgan fingerprint density at radius 3 is 3.06 bits per heavy atom. The van der Waals surface area contributed by atoms with E-state index in [1.54, 1.807) is 6.07 Å². The number of ether oxygens (including phenoxy) is 1. The summed E-state index contributed by atoms with van der Waals surface area (Å²) in [7, 11) is 0. The van der Waals surface area contributed by atoms with Gasteiger partial charge in [0.2, 0.25) is 5.22 Å². The van der Waals surface area contributed by atoms with Gasteiger partial charge < -0.3 is 14.5 Å². The molecule has 1 saturated heterocycles. The van der Waals surface area contributed by atoms with Crippen molar-refractivity contribution in [2.45, 2.75) is 19.4 Å². The Morgan fingerprint density at radius 2 is 2.50 bits per heavy atom. The van der Waals surface area contributed by atoms with Crippen molar-refractivity contribution >= 4 is 17.5 Å². The van der Waals surface area contributed by atoms with E-state index in [0.717, 1.165) is 13.0 Å². The number of rotatable bonds is 3. The maximum atomic E-state index is 11.8. The molecule has 0 bridgehead atoms. The molecule has 0 aromatic carbocycles. The van der Waals surface area contributed by atoms with Crippen LogP contribution in [0, 0.1) is 5.92 Å². The second kappa shape index (κ2) is 4.89. The number of hydrogen-bond acceptors (Lipinski definition) is 3. The van der Waals surface area contributed by atoms with Gasteiger partial charge in [0, 0.05) is 18.6 Å². The molecule has 2 atom stereocenters. The predicted molar refractivity (Wildman–Crippen MR) is 59.6 cm³/mol. The van der Waals surface area contributed by atoms with Crippen LogP contribution in [0.1, 0.15) is 23.7 Å². The van der Waals surface area contributed by atoms with Gasteiger partial charge in [0.15, 0.2) is 0 Å². The summed E-state index contributed by atoms with van der Waals surface area (Å²) < 4.78 is 10.2. The Kier molecular flexibility index (Phi) is 3.51. The third-order valence-corrected chi connectivity index (χ3v) is 3.19. The Balaban J connectivity index is 1.94. The highest BCUT2D eigenvalue weighted by Gasteiger charge is 2.24. The molecule has 2 rings (SSSR count). The summed E-state index contributed by atoms with van der Waals surface area (Å²) >= 11 is 5.73. The first-order chi connectivity index (χ1) is 7.68. The van der Waals surface area contributed by atoms with Crippen LogP contribution in [0.2, 0.25) is 5.22 Å². The molecule has 4 nitrogen and oxygen atoms in total. The van der Waals surface area contributed by atoms with Crippen LogP contribution in [-0.2, 0) is 4.74 Å². The number of furan rings is 1. The summed E-state index contributed by atoms with van der Waals surface area (Å²) in [6.45, 7) is 3.46. The molecule has 2 heterocycles. The maximum absolute atomic E-state index is 11.8. The molecule has 0 saturated carbocycles. The molecule has 0 radical (unpaired) electrons. The highest BCUT2D eigenvalue weighted by atomic mass is 35.5. The van der Waals surface area contributed by atoms with E-state index in [1.165, 1.54) is 6.26 Å². The second-order valence-corrected chi connectivity index (χ2v) is 4.34. The maximum Gasteiger partial charge on any atom is 0.256 e. The lowest BCUT2D eigenvalue weighted by atomic mass is 10.0. The standard InChI is InChI=1S/C11H14ClNO3/c1-7(8-2-4-15-6-8)13-11(14)9-3-5-16-10(9)12/h3,5,7-8H,2,4,6H2,1H3,(H,13,14). The number of carbonyl (C=O) groups is 1. The lowest BCUT2D eigenvalue weighted by Gasteiger charge is -2.18. The first kappa shape index (κ1) is 11.5. The smallest absolute Gasteiger partial charge is 0.256 e. The lowest BCUT2D eigenvalue weighted by Crippen LogP contribution is -2.38. The van der Waals surface area contributed by atoms with Gasteiger partial charge in [-0.05, 0) is 31.0 Å². The summed E-state index contributed by atoms with van der Waals surface area (Å²) in [6, 6.07) is 1.65. The van der Waals surface area contributed by atoms with Crippen LogP contribution in [-0.4, -0.2) is 25.2 Å². The fraction of sp³-hybridized carbons (Fsp3) is 0.545. The summed E-state index contributed by atoms with van der Waals surface area (Å²) in [5.41, 5.74) is 0.382. The number of hydrogen-bond donors (Lipinski definition) is 1. The van der Waals surface area contributed by atoms with Crippen LogP contribution >= 0.6 is 11.6 Å². The van der Waals surface area contributed by atoms with Crippen LogP contribution in [0.3, 0.4) is 0 Å². The van der Waals surface area contributed by atoms with E-state index in [0.29, 0.717) is 18.1 Å². The molecule has 1 amide bonds. The van der Waals surface area contributed by atoms with Crippen molar-refractivity contribution < 1.29 is 13.9 Å². The van der Waals surface area contributed by atoms with E-state index in [2.05, 4.69) is 5.32 Å². The molecule has 5 heteroatoms. The fourth-order valence-electron chi connectivity index (χ4n) is 1.81. The number of halogens is 1. The number of carbonyl (C=O) groups excluding carboxylic acids is 1. The van der Waals surface area contributed by atoms with Crippen molar-refractivity contribution in [2.75, 3.05) is 13.2 Å². The van der Waals surface area contributed by atoms with Crippen molar-refractivity contribution in [2.24, 2.45) is 5.92 Å². The van der Waals surface area contributed by atoms with E-state index in [4.69, 9.17) is 20.8 Å². The molecule has 2 unspecified atom stereocenters. The zero-order valence-corrected chi connectivity index (χ0v) is 9.79. The second-order valence-electron chi connectivity index (χ2n) is 3.99. The molecule has 1 aromatic heterocycles. The van der Waals surface area contributed by atoms with Gasteiger partial charge in [-0.15, -0.1) is 0 Å². The Labute approximate surface area is 98.9 Å². The summed E-state index contributed by atoms with van der Waals surface area (Å²) in [6.07, 6.45) is 2.39. The van der Waals surface area contributed by atoms with Crippen molar-refractivity contribution in [3.05, 3.63) is 23.1 Å². The summed E-state index contributed by atoms with van der Waals surface area (Å²) in [4.78, 5) is 11.8. The van der Waals surface area contributed by atoms with Gasteiger partial charge in [0.1, 0.15) is 0 Å². The number of amides is 1. The van der Waals surface area contributed by atoms with E-state index < -0.39 is 0 Å². The van der Waals surface area contributed by atoms with Gasteiger partial charge in [-0.3, -0.25) is 4.79 Å². The molecular weight excluding hydrogens is 230 g/mol. The summed E-state index contributed by atoms with van der Waals surface area (Å²) in [5.74, 6) is 0.188. The molecule has 0 aliphatic carbocycles. The zero-order valence-electron chi connectivity index (χ0n) is 9.03. The van der Waals surface area contributed by atoms with Gasteiger partial charge in [-0.1, -0.05) is 0 Å². The Bertz CT molecular complexity index is 371. The molecular formula is C11H14ClNO3. The minimum Gasteiger partial charge on any atom is -0.452 e. The van der Waals surface area contributed by atoms with Gasteiger partial charge in [-0.25, -0.2) is 0 Å². The highest BCUT2D eigenvalue weighted by molar-refractivity contribution is 6.32.